The molecule has 2 nitrogen and oxygen atoms in total. The molecule has 1 atom stereocenters. The average Bonchev–Trinajstić information content (AvgIpc) is 3.37. The number of hydrogen-bond donors (Lipinski definition) is 1. The van der Waals surface area contributed by atoms with Gasteiger partial charge in [0, 0.05) is 12.6 Å². The molecule has 20 heavy (non-hydrogen) atoms. The van der Waals surface area contributed by atoms with Crippen LogP contribution >= 0.6 is 0 Å². The number of rotatable bonds is 5. The summed E-state index contributed by atoms with van der Waals surface area (Å²) in [6, 6.07) is 7.20. The van der Waals surface area contributed by atoms with Crippen LogP contribution in [0, 0.1) is 11.3 Å². The van der Waals surface area contributed by atoms with E-state index in [1.54, 1.807) is 7.11 Å². The number of hydrogen-bond acceptors (Lipinski definition) is 2. The number of ether oxygens (including phenoxy) is 1. The number of methoxy groups -OCH3 is 1. The molecule has 2 saturated carbocycles. The highest BCUT2D eigenvalue weighted by molar-refractivity contribution is 5.39. The van der Waals surface area contributed by atoms with Crippen LogP contribution < -0.4 is 10.1 Å². The number of fused-ring (bicyclic) bond motifs is 1. The molecule has 0 amide bonds. The molecular weight excluding hydrogens is 246 g/mol. The highest BCUT2D eigenvalue weighted by atomic mass is 16.5. The van der Waals surface area contributed by atoms with E-state index in [1.807, 2.05) is 0 Å². The van der Waals surface area contributed by atoms with Gasteiger partial charge in [0.15, 0.2) is 0 Å². The van der Waals surface area contributed by atoms with E-state index in [1.165, 1.54) is 62.6 Å². The Kier molecular flexibility index (Phi) is 3.03. The van der Waals surface area contributed by atoms with Crippen molar-refractivity contribution in [2.75, 3.05) is 13.7 Å². The van der Waals surface area contributed by atoms with Crippen molar-refractivity contribution in [3.63, 3.8) is 0 Å². The topological polar surface area (TPSA) is 21.3 Å². The fraction of sp³-hybridized carbons (Fsp3) is 0.667. The fourth-order valence-corrected chi connectivity index (χ4v) is 4.04. The zero-order chi connectivity index (χ0) is 13.6. The maximum atomic E-state index is 5.36. The molecule has 0 bridgehead atoms. The zero-order valence-electron chi connectivity index (χ0n) is 12.5. The third-order valence-corrected chi connectivity index (χ3v) is 5.70. The van der Waals surface area contributed by atoms with Gasteiger partial charge in [0.1, 0.15) is 5.75 Å². The van der Waals surface area contributed by atoms with Gasteiger partial charge in [0.25, 0.3) is 0 Å². The Morgan fingerprint density at radius 1 is 1.25 bits per heavy atom. The molecule has 2 fully saturated rings. The molecule has 0 aliphatic heterocycles. The van der Waals surface area contributed by atoms with Crippen molar-refractivity contribution >= 4 is 0 Å². The lowest BCUT2D eigenvalue weighted by atomic mass is 9.87. The summed E-state index contributed by atoms with van der Waals surface area (Å²) in [6.45, 7) is 1.24. The van der Waals surface area contributed by atoms with E-state index in [2.05, 4.69) is 23.5 Å². The van der Waals surface area contributed by atoms with Gasteiger partial charge in [-0.1, -0.05) is 6.07 Å². The van der Waals surface area contributed by atoms with Crippen LogP contribution in [-0.2, 0) is 6.42 Å². The first-order valence-electron chi connectivity index (χ1n) is 8.21. The van der Waals surface area contributed by atoms with Crippen LogP contribution in [0.25, 0.3) is 0 Å². The molecule has 0 saturated heterocycles. The van der Waals surface area contributed by atoms with Gasteiger partial charge in [-0.15, -0.1) is 0 Å². The average molecular weight is 271 g/mol. The van der Waals surface area contributed by atoms with Crippen molar-refractivity contribution in [3.05, 3.63) is 29.3 Å². The van der Waals surface area contributed by atoms with E-state index in [-0.39, 0.29) is 0 Å². The van der Waals surface area contributed by atoms with Gasteiger partial charge in [0.05, 0.1) is 7.11 Å². The molecule has 0 radical (unpaired) electrons. The summed E-state index contributed by atoms with van der Waals surface area (Å²) >= 11 is 0. The summed E-state index contributed by atoms with van der Waals surface area (Å²) in [4.78, 5) is 0. The standard InChI is InChI=1S/C18H25NO/c1-20-15-7-8-16-13(11-15)3-2-4-17(16)19-12-18(9-10-18)14-5-6-14/h7-8,11,14,17,19H,2-6,9-10,12H2,1H3. The minimum Gasteiger partial charge on any atom is -0.497 e. The Hall–Kier alpha value is -1.02. The van der Waals surface area contributed by atoms with Gasteiger partial charge in [0.2, 0.25) is 0 Å². The molecule has 1 N–H and O–H groups in total. The Morgan fingerprint density at radius 3 is 2.80 bits per heavy atom. The molecule has 0 spiro atoms. The zero-order valence-corrected chi connectivity index (χ0v) is 12.5. The minimum absolute atomic E-state index is 0.570. The largest absolute Gasteiger partial charge is 0.497 e. The quantitative estimate of drug-likeness (QED) is 0.878. The molecule has 1 aromatic carbocycles. The third-order valence-electron chi connectivity index (χ3n) is 5.70. The molecule has 4 rings (SSSR count). The Labute approximate surface area is 121 Å². The fourth-order valence-electron chi connectivity index (χ4n) is 4.04. The summed E-state index contributed by atoms with van der Waals surface area (Å²) in [6.07, 6.45) is 9.70. The molecule has 0 aromatic heterocycles. The summed E-state index contributed by atoms with van der Waals surface area (Å²) in [7, 11) is 1.76. The lowest BCUT2D eigenvalue weighted by molar-refractivity contribution is 0.355. The maximum Gasteiger partial charge on any atom is 0.119 e. The number of aryl methyl sites for hydroxylation is 1. The van der Waals surface area contributed by atoms with Crippen molar-refractivity contribution < 1.29 is 4.74 Å². The summed E-state index contributed by atoms with van der Waals surface area (Å²) in [5.74, 6) is 2.05. The van der Waals surface area contributed by atoms with Gasteiger partial charge in [-0.2, -0.15) is 0 Å². The second kappa shape index (κ2) is 4.77. The number of nitrogens with one attached hydrogen (secondary N) is 1. The molecule has 3 aliphatic rings. The lowest BCUT2D eigenvalue weighted by Gasteiger charge is -2.29. The second-order valence-electron chi connectivity index (χ2n) is 7.03. The Balaban J connectivity index is 1.47. The SMILES string of the molecule is COc1ccc2c(c1)CCCC2NCC1(C2CC2)CC1. The Morgan fingerprint density at radius 2 is 2.10 bits per heavy atom. The molecular formula is C18H25NO. The van der Waals surface area contributed by atoms with Crippen LogP contribution in [0.5, 0.6) is 5.75 Å². The van der Waals surface area contributed by atoms with Crippen LogP contribution in [0.4, 0.5) is 0 Å². The van der Waals surface area contributed by atoms with E-state index in [4.69, 9.17) is 4.74 Å². The predicted octanol–water partition coefficient (Wildman–Crippen LogP) is 3.85. The van der Waals surface area contributed by atoms with Crippen LogP contribution in [0.2, 0.25) is 0 Å². The highest BCUT2D eigenvalue weighted by Gasteiger charge is 2.53. The van der Waals surface area contributed by atoms with Crippen LogP contribution in [-0.4, -0.2) is 13.7 Å². The summed E-state index contributed by atoms with van der Waals surface area (Å²) < 4.78 is 5.36. The van der Waals surface area contributed by atoms with E-state index >= 15 is 0 Å². The molecule has 2 heteroatoms. The first-order chi connectivity index (χ1) is 9.81. The van der Waals surface area contributed by atoms with Gasteiger partial charge in [-0.05, 0) is 79.5 Å². The van der Waals surface area contributed by atoms with E-state index in [0.29, 0.717) is 11.5 Å². The van der Waals surface area contributed by atoms with Gasteiger partial charge >= 0.3 is 0 Å². The van der Waals surface area contributed by atoms with Crippen molar-refractivity contribution in [1.82, 2.24) is 5.32 Å². The van der Waals surface area contributed by atoms with Crippen molar-refractivity contribution in [2.45, 2.75) is 51.0 Å². The smallest absolute Gasteiger partial charge is 0.119 e. The monoisotopic (exact) mass is 271 g/mol. The summed E-state index contributed by atoms with van der Waals surface area (Å²) in [5.41, 5.74) is 3.71. The molecule has 0 heterocycles. The lowest BCUT2D eigenvalue weighted by Crippen LogP contribution is -2.31. The Bertz CT molecular complexity index is 502. The van der Waals surface area contributed by atoms with Gasteiger partial charge in [-0.3, -0.25) is 0 Å². The molecule has 1 unspecified atom stereocenters. The van der Waals surface area contributed by atoms with E-state index in [9.17, 15) is 0 Å². The van der Waals surface area contributed by atoms with Gasteiger partial charge in [-0.25, -0.2) is 0 Å². The first kappa shape index (κ1) is 12.7. The van der Waals surface area contributed by atoms with E-state index < -0.39 is 0 Å². The number of benzene rings is 1. The van der Waals surface area contributed by atoms with Crippen LogP contribution in [0.15, 0.2) is 18.2 Å². The minimum atomic E-state index is 0.570. The van der Waals surface area contributed by atoms with Crippen molar-refractivity contribution in [3.8, 4) is 5.75 Å². The molecule has 108 valence electrons. The van der Waals surface area contributed by atoms with Gasteiger partial charge < -0.3 is 10.1 Å². The summed E-state index contributed by atoms with van der Waals surface area (Å²) in [5, 5.41) is 3.90. The first-order valence-corrected chi connectivity index (χ1v) is 8.21. The predicted molar refractivity (Wildman–Crippen MR) is 81.1 cm³/mol. The van der Waals surface area contributed by atoms with Crippen LogP contribution in [0.1, 0.15) is 55.7 Å². The highest BCUT2D eigenvalue weighted by Crippen LogP contribution is 2.61. The third kappa shape index (κ3) is 2.24. The van der Waals surface area contributed by atoms with E-state index in [0.717, 1.165) is 11.7 Å². The maximum absolute atomic E-state index is 5.36. The van der Waals surface area contributed by atoms with Crippen LogP contribution in [0.3, 0.4) is 0 Å². The second-order valence-corrected chi connectivity index (χ2v) is 7.03. The van der Waals surface area contributed by atoms with Crippen molar-refractivity contribution in [1.29, 1.82) is 0 Å². The normalized spacial score (nSPS) is 26.9. The van der Waals surface area contributed by atoms with Crippen molar-refractivity contribution in [2.24, 2.45) is 11.3 Å². The molecule has 3 aliphatic carbocycles. The molecule has 1 aromatic rings.